The van der Waals surface area contributed by atoms with Crippen LogP contribution in [0, 0.1) is 25.2 Å². The molecule has 0 amide bonds. The van der Waals surface area contributed by atoms with Gasteiger partial charge in [-0.2, -0.15) is 18.4 Å². The Labute approximate surface area is 174 Å². The second-order valence-corrected chi connectivity index (χ2v) is 8.12. The van der Waals surface area contributed by atoms with Gasteiger partial charge in [0.25, 0.3) is 0 Å². The fourth-order valence-electron chi connectivity index (χ4n) is 4.05. The number of piperidine rings is 1. The van der Waals surface area contributed by atoms with Gasteiger partial charge < -0.3 is 15.2 Å². The van der Waals surface area contributed by atoms with Gasteiger partial charge in [0.2, 0.25) is 0 Å². The number of hydrogen-bond donors (Lipinski definition) is 2. The summed E-state index contributed by atoms with van der Waals surface area (Å²) in [5, 5.41) is 23.9. The van der Waals surface area contributed by atoms with Crippen LogP contribution in [0.15, 0.2) is 36.4 Å². The molecule has 1 fully saturated rings. The van der Waals surface area contributed by atoms with Crippen LogP contribution < -0.4 is 10.1 Å². The highest BCUT2D eigenvalue weighted by atomic mass is 19.4. The van der Waals surface area contributed by atoms with E-state index < -0.39 is 17.3 Å². The lowest BCUT2D eigenvalue weighted by Gasteiger charge is -2.41. The molecule has 0 unspecified atom stereocenters. The number of halogens is 3. The lowest BCUT2D eigenvalue weighted by Crippen LogP contribution is -2.53. The molecule has 0 radical (unpaired) electrons. The number of aliphatic hydroxyl groups is 1. The molecule has 1 aliphatic heterocycles. The van der Waals surface area contributed by atoms with Gasteiger partial charge in [-0.05, 0) is 74.6 Å². The van der Waals surface area contributed by atoms with Crippen molar-refractivity contribution in [1.82, 2.24) is 5.32 Å². The van der Waals surface area contributed by atoms with Crippen molar-refractivity contribution in [3.63, 3.8) is 0 Å². The number of alkyl halides is 3. The van der Waals surface area contributed by atoms with Crippen molar-refractivity contribution in [2.45, 2.75) is 57.5 Å². The van der Waals surface area contributed by atoms with Crippen LogP contribution in [0.3, 0.4) is 0 Å². The summed E-state index contributed by atoms with van der Waals surface area (Å²) < 4.78 is 44.4. The molecule has 0 saturated carbocycles. The van der Waals surface area contributed by atoms with Crippen LogP contribution in [0.25, 0.3) is 0 Å². The van der Waals surface area contributed by atoms with Crippen molar-refractivity contribution in [2.75, 3.05) is 6.61 Å². The number of nitrogens with one attached hydrogen (secondary N) is 1. The summed E-state index contributed by atoms with van der Waals surface area (Å²) in [4.78, 5) is 0. The number of ether oxygens (including phenoxy) is 1. The molecule has 1 saturated heterocycles. The van der Waals surface area contributed by atoms with Crippen LogP contribution in [-0.4, -0.2) is 23.8 Å². The van der Waals surface area contributed by atoms with Gasteiger partial charge in [0.15, 0.2) is 0 Å². The minimum atomic E-state index is -4.41. The van der Waals surface area contributed by atoms with E-state index in [1.165, 1.54) is 12.1 Å². The zero-order valence-electron chi connectivity index (χ0n) is 17.2. The molecule has 3 rings (SSSR count). The van der Waals surface area contributed by atoms with E-state index in [-0.39, 0.29) is 18.7 Å². The smallest absolute Gasteiger partial charge is 0.416 e. The zero-order chi connectivity index (χ0) is 22.1. The van der Waals surface area contributed by atoms with Crippen LogP contribution >= 0.6 is 0 Å². The lowest BCUT2D eigenvalue weighted by molar-refractivity contribution is -0.137. The molecule has 2 aromatic carbocycles. The van der Waals surface area contributed by atoms with Crippen molar-refractivity contribution in [3.8, 4) is 11.8 Å². The summed E-state index contributed by atoms with van der Waals surface area (Å²) in [5.74, 6) is 0.577. The quantitative estimate of drug-likeness (QED) is 0.762. The second-order valence-electron chi connectivity index (χ2n) is 8.12. The van der Waals surface area contributed by atoms with E-state index in [1.807, 2.05) is 26.8 Å². The Bertz CT molecular complexity index is 951. The normalized spacial score (nSPS) is 24.3. The summed E-state index contributed by atoms with van der Waals surface area (Å²) in [5.41, 5.74) is 0.896. The molecule has 4 nitrogen and oxygen atoms in total. The van der Waals surface area contributed by atoms with Crippen LogP contribution in [0.5, 0.6) is 5.75 Å². The van der Waals surface area contributed by atoms with Gasteiger partial charge in [-0.15, -0.1) is 0 Å². The molecular formula is C23H25F3N2O2. The van der Waals surface area contributed by atoms with E-state index >= 15 is 0 Å². The maximum atomic E-state index is 12.8. The number of benzene rings is 2. The van der Waals surface area contributed by atoms with Gasteiger partial charge in [0, 0.05) is 12.1 Å². The molecule has 1 heterocycles. The molecule has 3 atom stereocenters. The molecule has 0 spiro atoms. The van der Waals surface area contributed by atoms with Crippen molar-refractivity contribution in [1.29, 1.82) is 5.26 Å². The first-order chi connectivity index (χ1) is 14.0. The van der Waals surface area contributed by atoms with Crippen LogP contribution in [0.1, 0.15) is 47.6 Å². The first kappa shape index (κ1) is 22.1. The van der Waals surface area contributed by atoms with Crippen LogP contribution in [0.4, 0.5) is 13.2 Å². The van der Waals surface area contributed by atoms with Gasteiger partial charge in [-0.3, -0.25) is 0 Å². The Morgan fingerprint density at radius 1 is 1.20 bits per heavy atom. The highest BCUT2D eigenvalue weighted by Crippen LogP contribution is 2.37. The molecule has 30 heavy (non-hydrogen) atoms. The van der Waals surface area contributed by atoms with E-state index in [0.29, 0.717) is 29.7 Å². The molecule has 0 aromatic heterocycles. The van der Waals surface area contributed by atoms with Crippen molar-refractivity contribution < 1.29 is 23.0 Å². The van der Waals surface area contributed by atoms with Gasteiger partial charge in [0.1, 0.15) is 12.4 Å². The van der Waals surface area contributed by atoms with E-state index in [4.69, 9.17) is 4.74 Å². The number of aryl methyl sites for hydroxylation is 1. The van der Waals surface area contributed by atoms with E-state index in [2.05, 4.69) is 11.4 Å². The highest BCUT2D eigenvalue weighted by molar-refractivity contribution is 5.47. The maximum Gasteiger partial charge on any atom is 0.416 e. The summed E-state index contributed by atoms with van der Waals surface area (Å²) in [7, 11) is 0. The first-order valence-electron chi connectivity index (χ1n) is 9.82. The summed E-state index contributed by atoms with van der Waals surface area (Å²) >= 11 is 0. The molecule has 2 aromatic rings. The average molecular weight is 418 g/mol. The molecule has 0 aliphatic carbocycles. The molecule has 160 valence electrons. The topological polar surface area (TPSA) is 65.3 Å². The average Bonchev–Trinajstić information content (AvgIpc) is 2.67. The summed E-state index contributed by atoms with van der Waals surface area (Å²) in [6.45, 7) is 5.98. The first-order valence-corrected chi connectivity index (χ1v) is 9.82. The SMILES string of the molecule is Cc1cc(OC[C@@H]2C[C@](O)(c3ccc(C(F)(F)F)cc3)C[C@H](C)N2)cc(C#N)c1C. The highest BCUT2D eigenvalue weighted by Gasteiger charge is 2.39. The summed E-state index contributed by atoms with van der Waals surface area (Å²) in [6, 6.07) is 10.2. The third-order valence-electron chi connectivity index (χ3n) is 5.71. The lowest BCUT2D eigenvalue weighted by atomic mass is 9.79. The largest absolute Gasteiger partial charge is 0.492 e. The Hall–Kier alpha value is -2.56. The zero-order valence-corrected chi connectivity index (χ0v) is 17.2. The number of nitriles is 1. The Kier molecular flexibility index (Phi) is 6.11. The third kappa shape index (κ3) is 4.77. The molecule has 1 aliphatic rings. The minimum absolute atomic E-state index is 0.0472. The van der Waals surface area contributed by atoms with Crippen molar-refractivity contribution in [2.24, 2.45) is 0 Å². The van der Waals surface area contributed by atoms with Crippen LogP contribution in [0.2, 0.25) is 0 Å². The number of hydrogen-bond acceptors (Lipinski definition) is 4. The molecular weight excluding hydrogens is 393 g/mol. The number of rotatable bonds is 4. The predicted octanol–water partition coefficient (Wildman–Crippen LogP) is 4.60. The van der Waals surface area contributed by atoms with E-state index in [9.17, 15) is 23.5 Å². The molecule has 7 heteroatoms. The third-order valence-corrected chi connectivity index (χ3v) is 5.71. The fourth-order valence-corrected chi connectivity index (χ4v) is 4.05. The Balaban J connectivity index is 1.74. The molecule has 2 N–H and O–H groups in total. The van der Waals surface area contributed by atoms with Gasteiger partial charge >= 0.3 is 6.18 Å². The van der Waals surface area contributed by atoms with E-state index in [0.717, 1.165) is 23.3 Å². The van der Waals surface area contributed by atoms with Gasteiger partial charge in [-0.25, -0.2) is 0 Å². The fraction of sp³-hybridized carbons (Fsp3) is 0.435. The van der Waals surface area contributed by atoms with Gasteiger partial charge in [-0.1, -0.05) is 12.1 Å². The van der Waals surface area contributed by atoms with Crippen molar-refractivity contribution in [3.05, 3.63) is 64.2 Å². The standard InChI is InChI=1S/C23H25F3N2O2/c1-14-8-21(9-17(12-27)16(14)3)30-13-20-11-22(29,10-15(2)28-20)18-4-6-19(7-5-18)23(24,25)26/h4-9,15,20,28-29H,10-11,13H2,1-3H3/t15-,20-,22-/m0/s1. The van der Waals surface area contributed by atoms with Gasteiger partial charge in [0.05, 0.1) is 22.8 Å². The predicted molar refractivity (Wildman–Crippen MR) is 107 cm³/mol. The minimum Gasteiger partial charge on any atom is -0.492 e. The maximum absolute atomic E-state index is 12.8. The second kappa shape index (κ2) is 8.29. The van der Waals surface area contributed by atoms with Crippen LogP contribution in [-0.2, 0) is 11.8 Å². The molecule has 0 bridgehead atoms. The Morgan fingerprint density at radius 2 is 1.87 bits per heavy atom. The Morgan fingerprint density at radius 3 is 2.47 bits per heavy atom. The van der Waals surface area contributed by atoms with E-state index in [1.54, 1.807) is 6.07 Å². The monoisotopic (exact) mass is 418 g/mol. The van der Waals surface area contributed by atoms with Crippen molar-refractivity contribution >= 4 is 0 Å². The number of nitrogens with zero attached hydrogens (tertiary/aromatic N) is 1. The summed E-state index contributed by atoms with van der Waals surface area (Å²) in [6.07, 6.45) is -3.72.